The van der Waals surface area contributed by atoms with Crippen LogP contribution in [0.2, 0.25) is 0 Å². The Kier molecular flexibility index (Phi) is 7.33. The van der Waals surface area contributed by atoms with Crippen molar-refractivity contribution in [1.29, 1.82) is 0 Å². The van der Waals surface area contributed by atoms with Crippen molar-refractivity contribution in [3.63, 3.8) is 0 Å². The third kappa shape index (κ3) is 5.51. The molecule has 0 atom stereocenters. The highest BCUT2D eigenvalue weighted by Gasteiger charge is 2.20. The summed E-state index contributed by atoms with van der Waals surface area (Å²) in [6, 6.07) is 6.51. The van der Waals surface area contributed by atoms with Crippen molar-refractivity contribution < 1.29 is 17.9 Å². The molecule has 0 aliphatic carbocycles. The summed E-state index contributed by atoms with van der Waals surface area (Å²) in [6.07, 6.45) is 3.59. The number of nitrogens with zero attached hydrogens (tertiary/aromatic N) is 3. The Hall–Kier alpha value is -2.59. The summed E-state index contributed by atoms with van der Waals surface area (Å²) in [4.78, 5) is 11.3. The van der Waals surface area contributed by atoms with E-state index in [4.69, 9.17) is 9.47 Å². The van der Waals surface area contributed by atoms with Crippen molar-refractivity contribution in [2.24, 2.45) is 0 Å². The van der Waals surface area contributed by atoms with Crippen LogP contribution in [0.4, 0.5) is 11.6 Å². The molecule has 1 fully saturated rings. The van der Waals surface area contributed by atoms with Crippen LogP contribution in [0.5, 0.6) is 11.5 Å². The summed E-state index contributed by atoms with van der Waals surface area (Å²) >= 11 is 0. The fourth-order valence-electron chi connectivity index (χ4n) is 3.38. The number of benzene rings is 1. The van der Waals surface area contributed by atoms with Crippen molar-refractivity contribution >= 4 is 21.7 Å². The molecular formula is C20H29N5O4S. The third-order valence-corrected chi connectivity index (χ3v) is 6.39. The maximum atomic E-state index is 12.6. The molecule has 9 nitrogen and oxygen atoms in total. The van der Waals surface area contributed by atoms with Gasteiger partial charge in [-0.25, -0.2) is 23.1 Å². The van der Waals surface area contributed by atoms with E-state index < -0.39 is 10.0 Å². The summed E-state index contributed by atoms with van der Waals surface area (Å²) in [5, 5.41) is 3.18. The highest BCUT2D eigenvalue weighted by Crippen LogP contribution is 2.28. The summed E-state index contributed by atoms with van der Waals surface area (Å²) < 4.78 is 38.2. The average Bonchev–Trinajstić information content (AvgIpc) is 2.76. The van der Waals surface area contributed by atoms with Crippen LogP contribution in [0.1, 0.15) is 25.1 Å². The summed E-state index contributed by atoms with van der Waals surface area (Å²) in [5.74, 6) is 3.03. The first-order chi connectivity index (χ1) is 14.4. The molecule has 3 rings (SSSR count). The van der Waals surface area contributed by atoms with E-state index in [1.54, 1.807) is 12.1 Å². The molecule has 0 spiro atoms. The van der Waals surface area contributed by atoms with Gasteiger partial charge in [0.2, 0.25) is 10.0 Å². The van der Waals surface area contributed by atoms with E-state index in [9.17, 15) is 8.42 Å². The van der Waals surface area contributed by atoms with Crippen LogP contribution in [-0.2, 0) is 10.0 Å². The molecule has 2 heterocycles. The Morgan fingerprint density at radius 2 is 1.80 bits per heavy atom. The van der Waals surface area contributed by atoms with Crippen molar-refractivity contribution in [3.05, 3.63) is 30.1 Å². The molecule has 30 heavy (non-hydrogen) atoms. The zero-order valence-corrected chi connectivity index (χ0v) is 18.5. The Labute approximate surface area is 177 Å². The first kappa shape index (κ1) is 22.1. The molecule has 0 amide bonds. The zero-order valence-electron chi connectivity index (χ0n) is 17.6. The molecular weight excluding hydrogens is 406 g/mol. The predicted octanol–water partition coefficient (Wildman–Crippen LogP) is 2.18. The number of sulfonamides is 1. The number of aryl methyl sites for hydroxylation is 1. The Bertz CT molecular complexity index is 962. The van der Waals surface area contributed by atoms with E-state index in [0.717, 1.165) is 18.9 Å². The minimum Gasteiger partial charge on any atom is -0.497 e. The summed E-state index contributed by atoms with van der Waals surface area (Å²) in [6.45, 7) is 4.43. The van der Waals surface area contributed by atoms with Crippen LogP contribution in [0.3, 0.4) is 0 Å². The van der Waals surface area contributed by atoms with Gasteiger partial charge in [-0.1, -0.05) is 0 Å². The average molecular weight is 436 g/mol. The maximum absolute atomic E-state index is 12.6. The van der Waals surface area contributed by atoms with Crippen molar-refractivity contribution in [3.8, 4) is 11.5 Å². The van der Waals surface area contributed by atoms with Gasteiger partial charge < -0.3 is 19.7 Å². The summed E-state index contributed by atoms with van der Waals surface area (Å²) in [7, 11) is -0.792. The highest BCUT2D eigenvalue weighted by molar-refractivity contribution is 7.89. The minimum absolute atomic E-state index is 0.0658. The van der Waals surface area contributed by atoms with Crippen LogP contribution < -0.4 is 24.4 Å². The second-order valence-corrected chi connectivity index (χ2v) is 8.78. The van der Waals surface area contributed by atoms with Crippen molar-refractivity contribution in [2.45, 2.75) is 31.1 Å². The molecule has 2 aromatic rings. The number of hydrogen-bond acceptors (Lipinski definition) is 8. The van der Waals surface area contributed by atoms with Gasteiger partial charge in [0.15, 0.2) is 0 Å². The zero-order chi connectivity index (χ0) is 21.6. The molecule has 164 valence electrons. The van der Waals surface area contributed by atoms with Gasteiger partial charge in [-0.15, -0.1) is 0 Å². The van der Waals surface area contributed by atoms with Gasteiger partial charge in [0.1, 0.15) is 33.9 Å². The van der Waals surface area contributed by atoms with E-state index in [1.165, 1.54) is 39.5 Å². The fourth-order valence-corrected chi connectivity index (χ4v) is 4.56. The largest absolute Gasteiger partial charge is 0.497 e. The van der Waals surface area contributed by atoms with Gasteiger partial charge in [0, 0.05) is 38.3 Å². The molecule has 2 N–H and O–H groups in total. The number of methoxy groups -OCH3 is 2. The number of nitrogens with one attached hydrogen (secondary N) is 2. The lowest BCUT2D eigenvalue weighted by Crippen LogP contribution is -2.31. The molecule has 0 unspecified atom stereocenters. The van der Waals surface area contributed by atoms with E-state index in [1.807, 2.05) is 13.0 Å². The lowest BCUT2D eigenvalue weighted by molar-refractivity contribution is 0.386. The van der Waals surface area contributed by atoms with Gasteiger partial charge in [-0.05, 0) is 38.3 Å². The van der Waals surface area contributed by atoms with E-state index in [0.29, 0.717) is 23.9 Å². The van der Waals surface area contributed by atoms with Crippen molar-refractivity contribution in [2.75, 3.05) is 50.6 Å². The maximum Gasteiger partial charge on any atom is 0.244 e. The standard InChI is InChI=1S/C20H29N5O4S/c1-15-23-19(14-20(24-15)25-11-5-4-6-12-25)21-9-10-22-30(26,27)18-8-7-16(28-2)13-17(18)29-3/h7-8,13-14,22H,4-6,9-12H2,1-3H3,(H,21,23,24). The molecule has 1 aliphatic heterocycles. The molecule has 1 aromatic carbocycles. The normalized spacial score (nSPS) is 14.4. The van der Waals surface area contributed by atoms with Gasteiger partial charge in [0.25, 0.3) is 0 Å². The third-order valence-electron chi connectivity index (χ3n) is 4.89. The molecule has 1 aromatic heterocycles. The number of ether oxygens (including phenoxy) is 2. The molecule has 0 bridgehead atoms. The van der Waals surface area contributed by atoms with E-state index >= 15 is 0 Å². The van der Waals surface area contributed by atoms with E-state index in [2.05, 4.69) is 24.9 Å². The van der Waals surface area contributed by atoms with Crippen LogP contribution >= 0.6 is 0 Å². The van der Waals surface area contributed by atoms with Gasteiger partial charge >= 0.3 is 0 Å². The quantitative estimate of drug-likeness (QED) is 0.578. The lowest BCUT2D eigenvalue weighted by atomic mass is 10.1. The number of aromatic nitrogens is 2. The number of anilines is 2. The monoisotopic (exact) mass is 435 g/mol. The van der Waals surface area contributed by atoms with Crippen molar-refractivity contribution in [1.82, 2.24) is 14.7 Å². The Balaban J connectivity index is 1.60. The SMILES string of the molecule is COc1ccc(S(=O)(=O)NCCNc2cc(N3CCCCC3)nc(C)n2)c(OC)c1. The summed E-state index contributed by atoms with van der Waals surface area (Å²) in [5.41, 5.74) is 0. The smallest absolute Gasteiger partial charge is 0.244 e. The first-order valence-corrected chi connectivity index (χ1v) is 11.5. The van der Waals surface area contributed by atoms with Crippen LogP contribution in [0, 0.1) is 6.92 Å². The van der Waals surface area contributed by atoms with Crippen LogP contribution in [-0.4, -0.2) is 58.8 Å². The first-order valence-electron chi connectivity index (χ1n) is 9.99. The van der Waals surface area contributed by atoms with Gasteiger partial charge in [-0.3, -0.25) is 0 Å². The molecule has 0 saturated carbocycles. The topological polar surface area (TPSA) is 106 Å². The number of piperidine rings is 1. The molecule has 10 heteroatoms. The second-order valence-electron chi connectivity index (χ2n) is 7.05. The van der Waals surface area contributed by atoms with Gasteiger partial charge in [-0.2, -0.15) is 0 Å². The molecule has 0 radical (unpaired) electrons. The molecule has 1 saturated heterocycles. The van der Waals surface area contributed by atoms with Crippen LogP contribution in [0.25, 0.3) is 0 Å². The fraction of sp³-hybridized carbons (Fsp3) is 0.500. The highest BCUT2D eigenvalue weighted by atomic mass is 32.2. The Morgan fingerprint density at radius 1 is 1.03 bits per heavy atom. The van der Waals surface area contributed by atoms with Crippen LogP contribution in [0.15, 0.2) is 29.2 Å². The minimum atomic E-state index is -3.73. The second kappa shape index (κ2) is 9.94. The Morgan fingerprint density at radius 3 is 2.50 bits per heavy atom. The molecule has 1 aliphatic rings. The van der Waals surface area contributed by atoms with E-state index in [-0.39, 0.29) is 17.2 Å². The number of rotatable bonds is 9. The van der Waals surface area contributed by atoms with Gasteiger partial charge in [0.05, 0.1) is 14.2 Å². The number of hydrogen-bond donors (Lipinski definition) is 2. The predicted molar refractivity (Wildman–Crippen MR) is 116 cm³/mol. The lowest BCUT2D eigenvalue weighted by Gasteiger charge is -2.28.